The van der Waals surface area contributed by atoms with Gasteiger partial charge in [-0.1, -0.05) is 46.3 Å². The fourth-order valence-electron chi connectivity index (χ4n) is 3.97. The molecule has 2 aromatic heterocycles. The molecule has 0 aliphatic carbocycles. The Morgan fingerprint density at radius 1 is 1.12 bits per heavy atom. The van der Waals surface area contributed by atoms with Crippen molar-refractivity contribution in [3.63, 3.8) is 0 Å². The molecule has 1 aliphatic rings. The van der Waals surface area contributed by atoms with E-state index in [1.54, 1.807) is 72.9 Å². The van der Waals surface area contributed by atoms with Crippen LogP contribution in [0.3, 0.4) is 0 Å². The van der Waals surface area contributed by atoms with Gasteiger partial charge in [0, 0.05) is 16.1 Å². The third-order valence-electron chi connectivity index (χ3n) is 5.49. The third-order valence-corrected chi connectivity index (χ3v) is 6.01. The van der Waals surface area contributed by atoms with E-state index >= 15 is 0 Å². The van der Waals surface area contributed by atoms with Gasteiger partial charge in [0.05, 0.1) is 18.7 Å². The fraction of sp³-hybridized carbons (Fsp3) is 0.0800. The molecule has 1 aliphatic heterocycles. The average Bonchev–Trinajstić information content (AvgIpc) is 3.39. The van der Waals surface area contributed by atoms with Gasteiger partial charge < -0.3 is 14.3 Å². The van der Waals surface area contributed by atoms with E-state index in [4.69, 9.17) is 9.15 Å². The molecule has 0 radical (unpaired) electrons. The summed E-state index contributed by atoms with van der Waals surface area (Å²) in [6.07, 6.45) is 1.55. The van der Waals surface area contributed by atoms with E-state index in [0.29, 0.717) is 28.1 Å². The number of para-hydroxylation sites is 1. The Bertz CT molecular complexity index is 1410. The number of aliphatic hydroxyl groups excluding tert-OH is 1. The summed E-state index contributed by atoms with van der Waals surface area (Å²) in [6, 6.07) is 18.3. The number of aromatic nitrogens is 1. The standard InChI is InChI=1S/C25H17BrN2O5/c1-32-17-6-4-5-15-13-18(33-24(15)17)22(29)20-21(14-8-10-16(26)11-9-14)28(25(31)23(20)30)19-7-2-3-12-27-19/h2-13,21,30H,1H3. The summed E-state index contributed by atoms with van der Waals surface area (Å²) in [5, 5.41) is 11.5. The second-order valence-electron chi connectivity index (χ2n) is 7.40. The molecule has 5 rings (SSSR count). The van der Waals surface area contributed by atoms with Crippen molar-refractivity contribution < 1.29 is 23.8 Å². The van der Waals surface area contributed by atoms with Crippen molar-refractivity contribution in [1.29, 1.82) is 0 Å². The van der Waals surface area contributed by atoms with Gasteiger partial charge >= 0.3 is 0 Å². The van der Waals surface area contributed by atoms with Crippen molar-refractivity contribution in [1.82, 2.24) is 4.98 Å². The quantitative estimate of drug-likeness (QED) is 0.366. The number of pyridine rings is 1. The van der Waals surface area contributed by atoms with Crippen LogP contribution in [0.5, 0.6) is 5.75 Å². The molecule has 0 saturated carbocycles. The Labute approximate surface area is 197 Å². The minimum absolute atomic E-state index is 0.00571. The number of nitrogens with zero attached hydrogens (tertiary/aromatic N) is 2. The lowest BCUT2D eigenvalue weighted by molar-refractivity contribution is -0.117. The van der Waals surface area contributed by atoms with Gasteiger partial charge in [0.25, 0.3) is 5.91 Å². The topological polar surface area (TPSA) is 92.9 Å². The van der Waals surface area contributed by atoms with E-state index < -0.39 is 23.5 Å². The molecule has 33 heavy (non-hydrogen) atoms. The molecule has 7 nitrogen and oxygen atoms in total. The van der Waals surface area contributed by atoms with E-state index in [-0.39, 0.29) is 11.3 Å². The number of hydrogen-bond donors (Lipinski definition) is 1. The first-order valence-corrected chi connectivity index (χ1v) is 10.8. The Morgan fingerprint density at radius 3 is 2.61 bits per heavy atom. The lowest BCUT2D eigenvalue weighted by Gasteiger charge is -2.25. The summed E-state index contributed by atoms with van der Waals surface area (Å²) in [7, 11) is 1.51. The number of carbonyl (C=O) groups is 2. The molecule has 1 N–H and O–H groups in total. The zero-order valence-corrected chi connectivity index (χ0v) is 18.9. The summed E-state index contributed by atoms with van der Waals surface area (Å²) >= 11 is 3.40. The molecule has 2 aromatic carbocycles. The first kappa shape index (κ1) is 21.0. The van der Waals surface area contributed by atoms with Crippen LogP contribution in [0.2, 0.25) is 0 Å². The lowest BCUT2D eigenvalue weighted by Crippen LogP contribution is -2.31. The minimum atomic E-state index is -0.886. The van der Waals surface area contributed by atoms with Crippen molar-refractivity contribution >= 4 is 44.4 Å². The molecule has 0 fully saturated rings. The SMILES string of the molecule is COc1cccc2cc(C(=O)C3=C(O)C(=O)N(c4ccccn4)C3c3ccc(Br)cc3)oc12. The van der Waals surface area contributed by atoms with Gasteiger partial charge in [0.2, 0.25) is 5.78 Å². The molecular weight excluding hydrogens is 488 g/mol. The molecule has 4 aromatic rings. The summed E-state index contributed by atoms with van der Waals surface area (Å²) in [5.41, 5.74) is 0.971. The smallest absolute Gasteiger partial charge is 0.295 e. The molecule has 0 bridgehead atoms. The highest BCUT2D eigenvalue weighted by Crippen LogP contribution is 2.42. The maximum atomic E-state index is 13.6. The van der Waals surface area contributed by atoms with Gasteiger partial charge in [-0.15, -0.1) is 0 Å². The first-order chi connectivity index (χ1) is 16.0. The van der Waals surface area contributed by atoms with Crippen LogP contribution in [0.1, 0.15) is 22.2 Å². The van der Waals surface area contributed by atoms with Crippen LogP contribution >= 0.6 is 15.9 Å². The highest BCUT2D eigenvalue weighted by atomic mass is 79.9. The highest BCUT2D eigenvalue weighted by molar-refractivity contribution is 9.10. The maximum Gasteiger partial charge on any atom is 0.295 e. The van der Waals surface area contributed by atoms with Crippen LogP contribution in [0.15, 0.2) is 93.1 Å². The van der Waals surface area contributed by atoms with E-state index in [1.807, 2.05) is 0 Å². The number of anilines is 1. The Morgan fingerprint density at radius 2 is 1.91 bits per heavy atom. The molecule has 0 spiro atoms. The van der Waals surface area contributed by atoms with Crippen LogP contribution in [0, 0.1) is 0 Å². The second kappa shape index (κ2) is 8.22. The lowest BCUT2D eigenvalue weighted by atomic mass is 9.95. The number of hydrogen-bond acceptors (Lipinski definition) is 6. The Balaban J connectivity index is 1.66. The Kier molecular flexibility index (Phi) is 5.22. The molecule has 164 valence electrons. The van der Waals surface area contributed by atoms with Gasteiger partial charge in [-0.2, -0.15) is 0 Å². The van der Waals surface area contributed by atoms with Crippen LogP contribution in [0.25, 0.3) is 11.0 Å². The monoisotopic (exact) mass is 504 g/mol. The number of fused-ring (bicyclic) bond motifs is 1. The van der Waals surface area contributed by atoms with Crippen molar-refractivity contribution in [3.8, 4) is 5.75 Å². The van der Waals surface area contributed by atoms with E-state index in [2.05, 4.69) is 20.9 Å². The number of aliphatic hydroxyl groups is 1. The average molecular weight is 505 g/mol. The number of amides is 1. The van der Waals surface area contributed by atoms with Crippen molar-refractivity contribution in [3.05, 3.63) is 100 Å². The van der Waals surface area contributed by atoms with E-state index in [9.17, 15) is 14.7 Å². The van der Waals surface area contributed by atoms with Crippen LogP contribution in [0.4, 0.5) is 5.82 Å². The number of rotatable bonds is 5. The third kappa shape index (κ3) is 3.48. The zero-order chi connectivity index (χ0) is 23.1. The minimum Gasteiger partial charge on any atom is -0.503 e. The normalized spacial score (nSPS) is 16.0. The number of carbonyl (C=O) groups excluding carboxylic acids is 2. The number of benzene rings is 2. The van der Waals surface area contributed by atoms with Gasteiger partial charge in [-0.05, 0) is 42.0 Å². The number of ether oxygens (including phenoxy) is 1. The number of halogens is 1. The van der Waals surface area contributed by atoms with E-state index in [0.717, 1.165) is 4.47 Å². The summed E-state index contributed by atoms with van der Waals surface area (Å²) in [4.78, 5) is 32.4. The molecule has 1 amide bonds. The molecule has 0 saturated heterocycles. The first-order valence-electron chi connectivity index (χ1n) is 10.0. The molecule has 1 atom stereocenters. The summed E-state index contributed by atoms with van der Waals surface area (Å²) in [5.74, 6) is -1.15. The predicted molar refractivity (Wildman–Crippen MR) is 125 cm³/mol. The summed E-state index contributed by atoms with van der Waals surface area (Å²) < 4.78 is 12.0. The van der Waals surface area contributed by atoms with Crippen LogP contribution < -0.4 is 9.64 Å². The fourth-order valence-corrected chi connectivity index (χ4v) is 4.24. The van der Waals surface area contributed by atoms with Gasteiger partial charge in [0.15, 0.2) is 22.9 Å². The van der Waals surface area contributed by atoms with Gasteiger partial charge in [-0.3, -0.25) is 14.5 Å². The largest absolute Gasteiger partial charge is 0.503 e. The molecule has 8 heteroatoms. The van der Waals surface area contributed by atoms with Crippen molar-refractivity contribution in [2.24, 2.45) is 0 Å². The van der Waals surface area contributed by atoms with Crippen LogP contribution in [-0.2, 0) is 4.79 Å². The van der Waals surface area contributed by atoms with Crippen LogP contribution in [-0.4, -0.2) is 28.9 Å². The van der Waals surface area contributed by atoms with Crippen molar-refractivity contribution in [2.75, 3.05) is 12.0 Å². The maximum absolute atomic E-state index is 13.6. The van der Waals surface area contributed by atoms with E-state index in [1.165, 1.54) is 12.0 Å². The molecule has 3 heterocycles. The Hall–Kier alpha value is -3.91. The number of Topliss-reactive ketones (excluding diaryl/α,β-unsaturated/α-hetero) is 1. The predicted octanol–water partition coefficient (Wildman–Crippen LogP) is 5.38. The highest BCUT2D eigenvalue weighted by Gasteiger charge is 2.45. The van der Waals surface area contributed by atoms with Gasteiger partial charge in [-0.25, -0.2) is 4.98 Å². The van der Waals surface area contributed by atoms with Crippen molar-refractivity contribution in [2.45, 2.75) is 6.04 Å². The second-order valence-corrected chi connectivity index (χ2v) is 8.31. The number of methoxy groups -OCH3 is 1. The van der Waals surface area contributed by atoms with Gasteiger partial charge in [0.1, 0.15) is 5.82 Å². The number of ketones is 1. The molecule has 1 unspecified atom stereocenters. The number of furan rings is 1. The molecular formula is C25H17BrN2O5. The zero-order valence-electron chi connectivity index (χ0n) is 17.4. The summed E-state index contributed by atoms with van der Waals surface area (Å²) in [6.45, 7) is 0.